The molecule has 1 N–H and O–H groups in total. The fourth-order valence-electron chi connectivity index (χ4n) is 3.00. The van der Waals surface area contributed by atoms with E-state index in [9.17, 15) is 18.0 Å². The Morgan fingerprint density at radius 2 is 1.84 bits per heavy atom. The summed E-state index contributed by atoms with van der Waals surface area (Å²) in [5.41, 5.74) is 0.347. The highest BCUT2D eigenvalue weighted by Crippen LogP contribution is 2.28. The molecule has 0 aliphatic heterocycles. The first kappa shape index (κ1) is 20.6. The Kier molecular flexibility index (Phi) is 5.70. The van der Waals surface area contributed by atoms with Crippen LogP contribution in [0, 0.1) is 0 Å². The third-order valence-electron chi connectivity index (χ3n) is 4.33. The number of hydrogen-bond acceptors (Lipinski definition) is 6. The minimum Gasteiger partial charge on any atom is -0.422 e. The summed E-state index contributed by atoms with van der Waals surface area (Å²) in [5, 5.41) is 3.63. The van der Waals surface area contributed by atoms with Crippen LogP contribution in [0.2, 0.25) is 5.02 Å². The lowest BCUT2D eigenvalue weighted by atomic mass is 10.1. The molecule has 0 atom stereocenters. The average molecular weight is 456 g/mol. The van der Waals surface area contributed by atoms with Crippen molar-refractivity contribution >= 4 is 56.6 Å². The zero-order valence-corrected chi connectivity index (χ0v) is 17.3. The maximum Gasteiger partial charge on any atom is 0.336 e. The van der Waals surface area contributed by atoms with E-state index in [1.807, 2.05) is 0 Å². The maximum absolute atomic E-state index is 12.8. The summed E-state index contributed by atoms with van der Waals surface area (Å²) in [5.74, 6) is -0.460. The molecule has 10 heteroatoms. The predicted molar refractivity (Wildman–Crippen MR) is 119 cm³/mol. The third kappa shape index (κ3) is 4.42. The normalized spacial score (nSPS) is 10.9. The molecule has 0 spiro atoms. The van der Waals surface area contributed by atoms with Crippen molar-refractivity contribution < 1.29 is 17.6 Å². The van der Waals surface area contributed by atoms with Gasteiger partial charge in [-0.2, -0.15) is 0 Å². The molecule has 1 amide bonds. The topological polar surface area (TPSA) is 110 Å². The summed E-state index contributed by atoms with van der Waals surface area (Å²) in [6, 6.07) is 16.9. The molecule has 0 unspecified atom stereocenters. The van der Waals surface area contributed by atoms with Crippen LogP contribution in [0.25, 0.3) is 11.0 Å². The van der Waals surface area contributed by atoms with E-state index in [0.29, 0.717) is 21.8 Å². The monoisotopic (exact) mass is 455 g/mol. The van der Waals surface area contributed by atoms with Gasteiger partial charge in [-0.15, -0.1) is 0 Å². The van der Waals surface area contributed by atoms with E-state index in [0.717, 1.165) is 4.31 Å². The van der Waals surface area contributed by atoms with Crippen LogP contribution in [0.3, 0.4) is 0 Å². The number of fused-ring (bicyclic) bond motifs is 1. The van der Waals surface area contributed by atoms with E-state index in [1.54, 1.807) is 36.4 Å². The van der Waals surface area contributed by atoms with Crippen molar-refractivity contribution in [3.8, 4) is 0 Å². The molecule has 2 aromatic heterocycles. The van der Waals surface area contributed by atoms with Gasteiger partial charge in [0.15, 0.2) is 5.58 Å². The number of amides is 1. The van der Waals surface area contributed by atoms with Gasteiger partial charge in [0.1, 0.15) is 5.82 Å². The van der Waals surface area contributed by atoms with Crippen LogP contribution >= 0.6 is 11.6 Å². The molecule has 31 heavy (non-hydrogen) atoms. The van der Waals surface area contributed by atoms with E-state index in [-0.39, 0.29) is 17.0 Å². The van der Waals surface area contributed by atoms with Crippen LogP contribution in [0.5, 0.6) is 0 Å². The Balaban J connectivity index is 1.68. The highest BCUT2D eigenvalue weighted by atomic mass is 35.5. The summed E-state index contributed by atoms with van der Waals surface area (Å²) in [7, 11) is -3.08. The minimum absolute atomic E-state index is 0.0700. The fraction of sp³-hybridized carbons (Fsp3) is 0. The van der Waals surface area contributed by atoms with Crippen LogP contribution in [-0.2, 0) is 10.9 Å². The molecule has 4 aromatic rings. The number of thiol groups is 1. The van der Waals surface area contributed by atoms with Crippen molar-refractivity contribution in [3.63, 3.8) is 0 Å². The molecule has 8 nitrogen and oxygen atoms in total. The molecule has 0 radical (unpaired) electrons. The number of hydrogen-bond donors (Lipinski definition) is 2. The lowest BCUT2D eigenvalue weighted by Gasteiger charge is -2.17. The number of carbonyl (C=O) groups is 1. The van der Waals surface area contributed by atoms with Gasteiger partial charge in [0.25, 0.3) is 5.91 Å². The first-order valence-electron chi connectivity index (χ1n) is 8.93. The number of anilines is 3. The van der Waals surface area contributed by atoms with E-state index in [4.69, 9.17) is 16.0 Å². The molecular weight excluding hydrogens is 442 g/mol. The second-order valence-corrected chi connectivity index (χ2v) is 7.68. The number of nitrogens with one attached hydrogen (secondary N) is 1. The summed E-state index contributed by atoms with van der Waals surface area (Å²) in [4.78, 5) is 28.5. The number of halogens is 1. The molecule has 0 aliphatic rings. The highest BCUT2D eigenvalue weighted by molar-refractivity contribution is 7.74. The molecule has 0 saturated heterocycles. The zero-order valence-electron chi connectivity index (χ0n) is 15.7. The maximum atomic E-state index is 12.8. The SMILES string of the molecule is O=C(Nc1ccnc(N(c2cccc(Cl)c2)[SH](=O)=O)c1)c1cccc2ccc(=O)oc12. The van der Waals surface area contributed by atoms with E-state index in [1.165, 1.54) is 36.5 Å². The number of rotatable bonds is 5. The predicted octanol–water partition coefficient (Wildman–Crippen LogP) is 3.76. The van der Waals surface area contributed by atoms with Crippen LogP contribution in [0.1, 0.15) is 10.4 Å². The molecule has 0 saturated carbocycles. The van der Waals surface area contributed by atoms with Gasteiger partial charge in [-0.1, -0.05) is 29.8 Å². The lowest BCUT2D eigenvalue weighted by molar-refractivity contribution is 0.102. The zero-order chi connectivity index (χ0) is 22.0. The molecule has 2 aromatic carbocycles. The number of nitrogens with zero attached hydrogens (tertiary/aromatic N) is 2. The van der Waals surface area contributed by atoms with Gasteiger partial charge in [-0.3, -0.25) is 4.79 Å². The Bertz CT molecular complexity index is 1430. The molecule has 2 heterocycles. The Labute approximate surface area is 182 Å². The van der Waals surface area contributed by atoms with E-state index >= 15 is 0 Å². The van der Waals surface area contributed by atoms with E-state index in [2.05, 4.69) is 10.3 Å². The Morgan fingerprint density at radius 1 is 1.03 bits per heavy atom. The molecular formula is C21H14ClN3O5S. The minimum atomic E-state index is -3.08. The third-order valence-corrected chi connectivity index (χ3v) is 5.33. The molecule has 156 valence electrons. The van der Waals surface area contributed by atoms with Gasteiger partial charge in [-0.25, -0.2) is 22.5 Å². The van der Waals surface area contributed by atoms with Gasteiger partial charge >= 0.3 is 5.63 Å². The van der Waals surface area contributed by atoms with E-state index < -0.39 is 22.4 Å². The number of pyridine rings is 1. The Morgan fingerprint density at radius 3 is 2.61 bits per heavy atom. The largest absolute Gasteiger partial charge is 0.422 e. The second-order valence-electron chi connectivity index (χ2n) is 6.36. The first-order chi connectivity index (χ1) is 14.9. The van der Waals surface area contributed by atoms with Crippen LogP contribution in [-0.4, -0.2) is 19.3 Å². The van der Waals surface area contributed by atoms with Gasteiger partial charge in [0, 0.05) is 34.4 Å². The molecule has 4 rings (SSSR count). The summed E-state index contributed by atoms with van der Waals surface area (Å²) >= 11 is 5.98. The highest BCUT2D eigenvalue weighted by Gasteiger charge is 2.16. The standard InChI is InChI=1S/C21H14ClN3O5S/c22-14-4-2-5-16(11-14)25(31(28)29)18-12-15(9-10-23-18)24-21(27)17-6-1-3-13-7-8-19(26)30-20(13)17/h1-12,31H,(H,23,24,27). The van der Waals surface area contributed by atoms with Crippen LogP contribution in [0.4, 0.5) is 17.2 Å². The van der Waals surface area contributed by atoms with Gasteiger partial charge in [0.2, 0.25) is 10.9 Å². The second kappa shape index (κ2) is 8.58. The van der Waals surface area contributed by atoms with Crippen molar-refractivity contribution in [2.24, 2.45) is 0 Å². The summed E-state index contributed by atoms with van der Waals surface area (Å²) in [6.45, 7) is 0. The summed E-state index contributed by atoms with van der Waals surface area (Å²) in [6.07, 6.45) is 1.37. The average Bonchev–Trinajstić information content (AvgIpc) is 2.73. The van der Waals surface area contributed by atoms with Gasteiger partial charge in [-0.05, 0) is 36.4 Å². The van der Waals surface area contributed by atoms with Crippen LogP contribution in [0.15, 0.2) is 82.1 Å². The Hall–Kier alpha value is -3.69. The number of carbonyl (C=O) groups excluding carboxylic acids is 1. The smallest absolute Gasteiger partial charge is 0.336 e. The fourth-order valence-corrected chi connectivity index (χ4v) is 3.77. The molecule has 0 bridgehead atoms. The summed E-state index contributed by atoms with van der Waals surface area (Å²) < 4.78 is 30.0. The van der Waals surface area contributed by atoms with Crippen molar-refractivity contribution in [1.29, 1.82) is 0 Å². The van der Waals surface area contributed by atoms with Crippen molar-refractivity contribution in [2.45, 2.75) is 0 Å². The number of para-hydroxylation sites is 1. The molecule has 0 fully saturated rings. The number of aromatic nitrogens is 1. The van der Waals surface area contributed by atoms with Crippen molar-refractivity contribution in [1.82, 2.24) is 4.98 Å². The van der Waals surface area contributed by atoms with Gasteiger partial charge < -0.3 is 9.73 Å². The van der Waals surface area contributed by atoms with Gasteiger partial charge in [0.05, 0.1) is 11.3 Å². The van der Waals surface area contributed by atoms with Crippen molar-refractivity contribution in [3.05, 3.63) is 93.9 Å². The quantitative estimate of drug-likeness (QED) is 0.350. The lowest BCUT2D eigenvalue weighted by Crippen LogP contribution is -2.17. The molecule has 0 aliphatic carbocycles. The van der Waals surface area contributed by atoms with Crippen molar-refractivity contribution in [2.75, 3.05) is 9.62 Å². The number of benzene rings is 2. The first-order valence-corrected chi connectivity index (χ1v) is 10.4. The van der Waals surface area contributed by atoms with Crippen LogP contribution < -0.4 is 15.2 Å².